The Hall–Kier alpha value is -0.870. The second kappa shape index (κ2) is 37.6. The lowest BCUT2D eigenvalue weighted by atomic mass is 10.0. The number of aliphatic hydroxyl groups excluding tert-OH is 2. The summed E-state index contributed by atoms with van der Waals surface area (Å²) < 4.78 is 0. The van der Waals surface area contributed by atoms with Crippen molar-refractivity contribution in [2.24, 2.45) is 0 Å². The van der Waals surface area contributed by atoms with Crippen LogP contribution in [0.4, 0.5) is 0 Å². The van der Waals surface area contributed by atoms with Crippen LogP contribution in [-0.2, 0) is 4.79 Å². The van der Waals surface area contributed by atoms with E-state index in [9.17, 15) is 15.0 Å². The zero-order valence-corrected chi connectivity index (χ0v) is 30.7. The van der Waals surface area contributed by atoms with Crippen molar-refractivity contribution in [3.63, 3.8) is 0 Å². The maximum atomic E-state index is 12.4. The number of nitrogens with one attached hydrogen (secondary N) is 1. The lowest BCUT2D eigenvalue weighted by Crippen LogP contribution is -2.45. The first-order chi connectivity index (χ1) is 22.2. The van der Waals surface area contributed by atoms with Gasteiger partial charge in [0.15, 0.2) is 0 Å². The first-order valence-corrected chi connectivity index (χ1v) is 20.4. The molecule has 0 radical (unpaired) electrons. The fourth-order valence-electron chi connectivity index (χ4n) is 6.36. The largest absolute Gasteiger partial charge is 0.394 e. The van der Waals surface area contributed by atoms with Gasteiger partial charge in [0.1, 0.15) is 0 Å². The molecule has 0 saturated heterocycles. The van der Waals surface area contributed by atoms with Crippen molar-refractivity contribution >= 4 is 5.91 Å². The van der Waals surface area contributed by atoms with Crippen molar-refractivity contribution in [2.75, 3.05) is 6.61 Å². The molecule has 4 heteroatoms. The highest BCUT2D eigenvalue weighted by Gasteiger charge is 2.19. The first kappa shape index (κ1) is 44.1. The van der Waals surface area contributed by atoms with Crippen LogP contribution < -0.4 is 5.32 Å². The minimum Gasteiger partial charge on any atom is -0.394 e. The van der Waals surface area contributed by atoms with Crippen LogP contribution in [0.3, 0.4) is 0 Å². The molecule has 0 spiro atoms. The number of aliphatic hydroxyl groups is 2. The summed E-state index contributed by atoms with van der Waals surface area (Å²) >= 11 is 0. The molecular weight excluding hydrogens is 554 g/mol. The van der Waals surface area contributed by atoms with Gasteiger partial charge < -0.3 is 15.5 Å². The number of allylic oxidation sites excluding steroid dienone is 2. The fourth-order valence-corrected chi connectivity index (χ4v) is 6.36. The molecule has 0 aliphatic heterocycles. The number of amides is 1. The van der Waals surface area contributed by atoms with Crippen molar-refractivity contribution in [1.82, 2.24) is 5.32 Å². The Balaban J connectivity index is 3.51. The van der Waals surface area contributed by atoms with Crippen molar-refractivity contribution in [3.05, 3.63) is 12.2 Å². The van der Waals surface area contributed by atoms with Gasteiger partial charge in [-0.2, -0.15) is 0 Å². The molecule has 0 saturated carbocycles. The SMILES string of the molecule is CCCCCC/C=C\CCCCCCCCCC(=O)NC(CO)C(O)CCCCCCCCCCCCCCCCCCCC. The van der Waals surface area contributed by atoms with E-state index in [1.165, 1.54) is 173 Å². The number of hydrogen-bond acceptors (Lipinski definition) is 3. The second-order valence-corrected chi connectivity index (χ2v) is 14.1. The monoisotopic (exact) mass is 636 g/mol. The maximum absolute atomic E-state index is 12.4. The average Bonchev–Trinajstić information content (AvgIpc) is 3.04. The van der Waals surface area contributed by atoms with Crippen molar-refractivity contribution in [2.45, 2.75) is 238 Å². The quantitative estimate of drug-likeness (QED) is 0.0470. The Labute approximate surface area is 282 Å². The summed E-state index contributed by atoms with van der Waals surface area (Å²) in [6, 6.07) is -0.534. The lowest BCUT2D eigenvalue weighted by molar-refractivity contribution is -0.123. The smallest absolute Gasteiger partial charge is 0.220 e. The summed E-state index contributed by atoms with van der Waals surface area (Å²) in [5.74, 6) is -0.0348. The Morgan fingerprint density at radius 2 is 0.844 bits per heavy atom. The molecule has 0 bridgehead atoms. The van der Waals surface area contributed by atoms with E-state index in [1.54, 1.807) is 0 Å². The van der Waals surface area contributed by atoms with Gasteiger partial charge in [0, 0.05) is 6.42 Å². The molecule has 0 rings (SSSR count). The highest BCUT2D eigenvalue weighted by atomic mass is 16.3. The van der Waals surface area contributed by atoms with Crippen LogP contribution in [0.25, 0.3) is 0 Å². The molecule has 1 amide bonds. The van der Waals surface area contributed by atoms with E-state index in [1.807, 2.05) is 0 Å². The number of hydrogen-bond donors (Lipinski definition) is 3. The number of carbonyl (C=O) groups is 1. The lowest BCUT2D eigenvalue weighted by Gasteiger charge is -2.22. The van der Waals surface area contributed by atoms with Gasteiger partial charge >= 0.3 is 0 Å². The van der Waals surface area contributed by atoms with Crippen LogP contribution in [0, 0.1) is 0 Å². The highest BCUT2D eigenvalue weighted by molar-refractivity contribution is 5.76. The van der Waals surface area contributed by atoms with E-state index in [0.717, 1.165) is 25.7 Å². The van der Waals surface area contributed by atoms with Gasteiger partial charge in [-0.1, -0.05) is 193 Å². The predicted molar refractivity (Wildman–Crippen MR) is 198 cm³/mol. The average molecular weight is 636 g/mol. The minimum absolute atomic E-state index is 0.0348. The standard InChI is InChI=1S/C41H81NO3/c1-3-5-7-9-11-13-15-17-19-20-21-23-24-26-28-30-32-34-36-40(44)39(38-43)42-41(45)37-35-33-31-29-27-25-22-18-16-14-12-10-8-6-4-2/h14,16,39-40,43-44H,3-13,15,17-38H2,1-2H3,(H,42,45)/b16-14-. The topological polar surface area (TPSA) is 69.6 Å². The van der Waals surface area contributed by atoms with E-state index in [0.29, 0.717) is 12.8 Å². The van der Waals surface area contributed by atoms with Crippen LogP contribution in [-0.4, -0.2) is 34.9 Å². The predicted octanol–water partition coefficient (Wildman–Crippen LogP) is 12.3. The summed E-state index contributed by atoms with van der Waals surface area (Å²) in [5.41, 5.74) is 0. The third-order valence-electron chi connectivity index (χ3n) is 9.53. The van der Waals surface area contributed by atoms with E-state index < -0.39 is 12.1 Å². The van der Waals surface area contributed by atoms with Crippen LogP contribution in [0.15, 0.2) is 12.2 Å². The third-order valence-corrected chi connectivity index (χ3v) is 9.53. The van der Waals surface area contributed by atoms with E-state index in [-0.39, 0.29) is 12.5 Å². The molecule has 2 unspecified atom stereocenters. The van der Waals surface area contributed by atoms with Gasteiger partial charge in [-0.05, 0) is 38.5 Å². The Morgan fingerprint density at radius 1 is 0.511 bits per heavy atom. The molecule has 0 aromatic carbocycles. The Bertz CT molecular complexity index is 608. The van der Waals surface area contributed by atoms with Crippen LogP contribution >= 0.6 is 0 Å². The van der Waals surface area contributed by atoms with Gasteiger partial charge in [-0.15, -0.1) is 0 Å². The van der Waals surface area contributed by atoms with Gasteiger partial charge in [-0.25, -0.2) is 0 Å². The van der Waals surface area contributed by atoms with Crippen LogP contribution in [0.5, 0.6) is 0 Å². The van der Waals surface area contributed by atoms with Crippen LogP contribution in [0.2, 0.25) is 0 Å². The van der Waals surface area contributed by atoms with Crippen LogP contribution in [0.1, 0.15) is 226 Å². The first-order valence-electron chi connectivity index (χ1n) is 20.4. The molecule has 2 atom stereocenters. The summed E-state index contributed by atoms with van der Waals surface area (Å²) in [7, 11) is 0. The van der Waals surface area contributed by atoms with Gasteiger partial charge in [-0.3, -0.25) is 4.79 Å². The molecule has 268 valence electrons. The number of unbranched alkanes of at least 4 members (excludes halogenated alkanes) is 28. The maximum Gasteiger partial charge on any atom is 0.220 e. The van der Waals surface area contributed by atoms with Crippen molar-refractivity contribution in [3.8, 4) is 0 Å². The number of carbonyl (C=O) groups excluding carboxylic acids is 1. The summed E-state index contributed by atoms with van der Waals surface area (Å²) in [5, 5.41) is 23.1. The molecule has 45 heavy (non-hydrogen) atoms. The van der Waals surface area contributed by atoms with Gasteiger partial charge in [0.05, 0.1) is 18.8 Å². The molecule has 0 aromatic heterocycles. The second-order valence-electron chi connectivity index (χ2n) is 14.1. The summed E-state index contributed by atoms with van der Waals surface area (Å²) in [4.78, 5) is 12.4. The molecule has 4 nitrogen and oxygen atoms in total. The molecule has 0 aliphatic carbocycles. The van der Waals surface area contributed by atoms with Gasteiger partial charge in [0.2, 0.25) is 5.91 Å². The van der Waals surface area contributed by atoms with Gasteiger partial charge in [0.25, 0.3) is 0 Å². The molecule has 0 heterocycles. The normalized spacial score (nSPS) is 13.1. The van der Waals surface area contributed by atoms with E-state index >= 15 is 0 Å². The minimum atomic E-state index is -0.657. The zero-order valence-electron chi connectivity index (χ0n) is 30.7. The highest BCUT2D eigenvalue weighted by Crippen LogP contribution is 2.16. The zero-order chi connectivity index (χ0) is 32.9. The Kier molecular flexibility index (Phi) is 36.9. The molecule has 0 aromatic rings. The van der Waals surface area contributed by atoms with E-state index in [2.05, 4.69) is 31.3 Å². The number of rotatable bonds is 37. The Morgan fingerprint density at radius 3 is 1.24 bits per heavy atom. The van der Waals surface area contributed by atoms with Crippen molar-refractivity contribution < 1.29 is 15.0 Å². The summed E-state index contributed by atoms with van der Waals surface area (Å²) in [6.45, 7) is 4.35. The molecule has 0 fully saturated rings. The molecular formula is C41H81NO3. The molecule has 3 N–H and O–H groups in total. The third kappa shape index (κ3) is 34.3. The fraction of sp³-hybridized carbons (Fsp3) is 0.927. The van der Waals surface area contributed by atoms with Crippen molar-refractivity contribution in [1.29, 1.82) is 0 Å². The summed E-state index contributed by atoms with van der Waals surface area (Å²) in [6.07, 6.45) is 45.6. The van der Waals surface area contributed by atoms with E-state index in [4.69, 9.17) is 0 Å². The molecule has 0 aliphatic rings.